The number of ketones is 1. The molecule has 2 rings (SSSR count). The van der Waals surface area contributed by atoms with Gasteiger partial charge in [-0.25, -0.2) is 0 Å². The van der Waals surface area contributed by atoms with Gasteiger partial charge in [-0.05, 0) is 18.8 Å². The fraction of sp³-hybridized carbons (Fsp3) is 0.667. The van der Waals surface area contributed by atoms with Crippen molar-refractivity contribution in [2.75, 3.05) is 7.11 Å². The lowest BCUT2D eigenvalue weighted by Gasteiger charge is -2.37. The third-order valence-electron chi connectivity index (χ3n) is 3.68. The van der Waals surface area contributed by atoms with Crippen LogP contribution >= 0.6 is 0 Å². The van der Waals surface area contributed by atoms with Crippen LogP contribution in [0.5, 0.6) is 0 Å². The van der Waals surface area contributed by atoms with Crippen molar-refractivity contribution >= 4 is 11.8 Å². The van der Waals surface area contributed by atoms with Crippen LogP contribution in [0.15, 0.2) is 11.8 Å². The molecule has 1 saturated carbocycles. The number of ether oxygens (including phenoxy) is 1. The topological polar surface area (TPSA) is 63.6 Å². The summed E-state index contributed by atoms with van der Waals surface area (Å²) >= 11 is 0. The molecule has 0 aromatic heterocycles. The Balaban J connectivity index is 2.31. The van der Waals surface area contributed by atoms with Crippen molar-refractivity contribution in [1.29, 1.82) is 0 Å². The highest BCUT2D eigenvalue weighted by molar-refractivity contribution is 6.06. The van der Waals surface area contributed by atoms with Crippen LogP contribution in [0.25, 0.3) is 0 Å². The fourth-order valence-electron chi connectivity index (χ4n) is 2.90. The number of rotatable bonds is 1. The summed E-state index contributed by atoms with van der Waals surface area (Å²) in [6, 6.07) is 0. The van der Waals surface area contributed by atoms with Crippen molar-refractivity contribution < 1.29 is 19.4 Å². The molecule has 0 aromatic carbocycles. The van der Waals surface area contributed by atoms with Crippen LogP contribution in [0.4, 0.5) is 0 Å². The number of allylic oxidation sites excluding steroid dienone is 2. The summed E-state index contributed by atoms with van der Waals surface area (Å²) in [7, 11) is 1.30. The molecular weight excluding hydrogens is 208 g/mol. The third kappa shape index (κ3) is 1.72. The molecule has 0 amide bonds. The van der Waals surface area contributed by atoms with Crippen LogP contribution in [0, 0.1) is 17.8 Å². The van der Waals surface area contributed by atoms with Gasteiger partial charge in [0.15, 0.2) is 5.78 Å². The Labute approximate surface area is 94.3 Å². The molecule has 1 fully saturated rings. The molecule has 0 heterocycles. The monoisotopic (exact) mass is 224 g/mol. The van der Waals surface area contributed by atoms with Gasteiger partial charge in [-0.1, -0.05) is 12.8 Å². The van der Waals surface area contributed by atoms with E-state index in [4.69, 9.17) is 0 Å². The largest absolute Gasteiger partial charge is 0.512 e. The second-order valence-corrected chi connectivity index (χ2v) is 4.53. The van der Waals surface area contributed by atoms with E-state index in [0.717, 1.165) is 25.7 Å². The molecule has 0 radical (unpaired) electrons. The Bertz CT molecular complexity index is 345. The van der Waals surface area contributed by atoms with E-state index in [1.807, 2.05) is 0 Å². The summed E-state index contributed by atoms with van der Waals surface area (Å²) in [5.41, 5.74) is 0. The average Bonchev–Trinajstić information content (AvgIpc) is 2.28. The van der Waals surface area contributed by atoms with Crippen LogP contribution in [-0.4, -0.2) is 24.0 Å². The lowest BCUT2D eigenvalue weighted by atomic mass is 9.67. The number of carbonyl (C=O) groups is 2. The van der Waals surface area contributed by atoms with Gasteiger partial charge in [0, 0.05) is 12.0 Å². The van der Waals surface area contributed by atoms with E-state index in [0.29, 0.717) is 0 Å². The number of aliphatic hydroxyl groups excluding tert-OH is 1. The quantitative estimate of drug-likeness (QED) is 0.543. The highest BCUT2D eigenvalue weighted by Gasteiger charge is 2.45. The summed E-state index contributed by atoms with van der Waals surface area (Å²) < 4.78 is 4.67. The van der Waals surface area contributed by atoms with Gasteiger partial charge in [0.25, 0.3) is 0 Å². The first-order chi connectivity index (χ1) is 7.65. The second-order valence-electron chi connectivity index (χ2n) is 4.53. The minimum absolute atomic E-state index is 0.0319. The first-order valence-electron chi connectivity index (χ1n) is 5.67. The van der Waals surface area contributed by atoms with Gasteiger partial charge in [-0.3, -0.25) is 9.59 Å². The Morgan fingerprint density at radius 1 is 1.44 bits per heavy atom. The molecule has 2 aliphatic carbocycles. The van der Waals surface area contributed by atoms with E-state index < -0.39 is 11.9 Å². The van der Waals surface area contributed by atoms with E-state index >= 15 is 0 Å². The van der Waals surface area contributed by atoms with E-state index in [9.17, 15) is 14.7 Å². The van der Waals surface area contributed by atoms with Gasteiger partial charge in [0.1, 0.15) is 5.92 Å². The molecule has 4 heteroatoms. The minimum atomic E-state index is -0.703. The summed E-state index contributed by atoms with van der Waals surface area (Å²) in [6.07, 6.45) is 4.92. The number of esters is 1. The van der Waals surface area contributed by atoms with Crippen LogP contribution < -0.4 is 0 Å². The van der Waals surface area contributed by atoms with Gasteiger partial charge in [0.2, 0.25) is 0 Å². The van der Waals surface area contributed by atoms with E-state index in [1.54, 1.807) is 0 Å². The van der Waals surface area contributed by atoms with Gasteiger partial charge < -0.3 is 9.84 Å². The van der Waals surface area contributed by atoms with Crippen molar-refractivity contribution in [1.82, 2.24) is 0 Å². The predicted octanol–water partition coefficient (Wildman–Crippen LogP) is 1.61. The van der Waals surface area contributed by atoms with E-state index in [-0.39, 0.29) is 23.4 Å². The van der Waals surface area contributed by atoms with Crippen LogP contribution in [-0.2, 0) is 14.3 Å². The highest BCUT2D eigenvalue weighted by atomic mass is 16.5. The molecule has 4 nitrogen and oxygen atoms in total. The van der Waals surface area contributed by atoms with Crippen molar-refractivity contribution in [3.63, 3.8) is 0 Å². The summed E-state index contributed by atoms with van der Waals surface area (Å²) in [5, 5.41) is 9.74. The van der Waals surface area contributed by atoms with E-state index in [1.165, 1.54) is 13.2 Å². The standard InChI is InChI=1S/C12H16O4/c1-16-12(15)11-8-5-3-2-4-7(8)9(13)6-10(11)14/h6-8,11,13H,2-5H2,1H3. The maximum Gasteiger partial charge on any atom is 0.316 e. The molecule has 0 spiro atoms. The smallest absolute Gasteiger partial charge is 0.316 e. The van der Waals surface area contributed by atoms with Gasteiger partial charge in [-0.15, -0.1) is 0 Å². The van der Waals surface area contributed by atoms with Gasteiger partial charge in [0.05, 0.1) is 12.9 Å². The molecule has 0 aliphatic heterocycles. The molecule has 3 unspecified atom stereocenters. The molecule has 16 heavy (non-hydrogen) atoms. The summed E-state index contributed by atoms with van der Waals surface area (Å²) in [4.78, 5) is 23.3. The van der Waals surface area contributed by atoms with Crippen molar-refractivity contribution in [2.24, 2.45) is 17.8 Å². The summed E-state index contributed by atoms with van der Waals surface area (Å²) in [6.45, 7) is 0. The first kappa shape index (κ1) is 11.2. The Morgan fingerprint density at radius 2 is 2.12 bits per heavy atom. The normalized spacial score (nSPS) is 33.9. The third-order valence-corrected chi connectivity index (χ3v) is 3.68. The lowest BCUT2D eigenvalue weighted by Crippen LogP contribution is -2.41. The summed E-state index contributed by atoms with van der Waals surface area (Å²) in [5.74, 6) is -1.44. The number of carbonyl (C=O) groups excluding carboxylic acids is 2. The van der Waals surface area contributed by atoms with Gasteiger partial charge in [-0.2, -0.15) is 0 Å². The predicted molar refractivity (Wildman–Crippen MR) is 56.7 cm³/mol. The van der Waals surface area contributed by atoms with Crippen LogP contribution in [0.1, 0.15) is 25.7 Å². The number of hydrogen-bond acceptors (Lipinski definition) is 4. The Kier molecular flexibility index (Phi) is 2.99. The molecule has 88 valence electrons. The lowest BCUT2D eigenvalue weighted by molar-refractivity contribution is -0.152. The zero-order valence-corrected chi connectivity index (χ0v) is 9.31. The van der Waals surface area contributed by atoms with Crippen molar-refractivity contribution in [3.8, 4) is 0 Å². The second kappa shape index (κ2) is 4.28. The van der Waals surface area contributed by atoms with Crippen molar-refractivity contribution in [3.05, 3.63) is 11.8 Å². The molecule has 2 aliphatic rings. The van der Waals surface area contributed by atoms with Crippen LogP contribution in [0.2, 0.25) is 0 Å². The minimum Gasteiger partial charge on any atom is -0.512 e. The highest BCUT2D eigenvalue weighted by Crippen LogP contribution is 2.42. The molecule has 1 N–H and O–H groups in total. The Morgan fingerprint density at radius 3 is 2.81 bits per heavy atom. The van der Waals surface area contributed by atoms with E-state index in [2.05, 4.69) is 4.74 Å². The maximum absolute atomic E-state index is 11.7. The maximum atomic E-state index is 11.7. The number of fused-ring (bicyclic) bond motifs is 1. The van der Waals surface area contributed by atoms with Gasteiger partial charge >= 0.3 is 5.97 Å². The molecule has 0 aromatic rings. The van der Waals surface area contributed by atoms with Crippen molar-refractivity contribution in [2.45, 2.75) is 25.7 Å². The zero-order chi connectivity index (χ0) is 11.7. The number of aliphatic hydroxyl groups is 1. The molecule has 0 bridgehead atoms. The molecule has 0 saturated heterocycles. The Hall–Kier alpha value is -1.32. The zero-order valence-electron chi connectivity index (χ0n) is 9.31. The first-order valence-corrected chi connectivity index (χ1v) is 5.67. The number of hydrogen-bond donors (Lipinski definition) is 1. The molecule has 3 atom stereocenters. The number of methoxy groups -OCH3 is 1. The molecular formula is C12H16O4. The fourth-order valence-corrected chi connectivity index (χ4v) is 2.90. The SMILES string of the molecule is COC(=O)C1C(=O)C=C(O)C2CCCCC21. The van der Waals surface area contributed by atoms with Crippen LogP contribution in [0.3, 0.4) is 0 Å². The average molecular weight is 224 g/mol.